The number of hydrogen-bond acceptors (Lipinski definition) is 6. The predicted molar refractivity (Wildman–Crippen MR) is 106 cm³/mol. The molecule has 4 rings (SSSR count). The molecule has 6 nitrogen and oxygen atoms in total. The highest BCUT2D eigenvalue weighted by Crippen LogP contribution is 2.33. The third-order valence-corrected chi connectivity index (χ3v) is 5.63. The van der Waals surface area contributed by atoms with Crippen LogP contribution in [0.5, 0.6) is 5.75 Å². The van der Waals surface area contributed by atoms with Gasteiger partial charge < -0.3 is 14.6 Å². The van der Waals surface area contributed by atoms with E-state index in [9.17, 15) is 0 Å². The smallest absolute Gasteiger partial charge is 0.229 e. The van der Waals surface area contributed by atoms with Crippen LogP contribution in [0.4, 0.5) is 0 Å². The number of hydrogen-bond donors (Lipinski definition) is 1. The van der Waals surface area contributed by atoms with Crippen molar-refractivity contribution in [2.45, 2.75) is 50.6 Å². The number of para-hydroxylation sites is 1. The molecule has 0 radical (unpaired) electrons. The van der Waals surface area contributed by atoms with Crippen LogP contribution >= 0.6 is 12.4 Å². The van der Waals surface area contributed by atoms with E-state index in [0.29, 0.717) is 12.5 Å². The molecule has 1 saturated heterocycles. The minimum atomic E-state index is 0. The van der Waals surface area contributed by atoms with Crippen molar-refractivity contribution in [1.29, 1.82) is 0 Å². The van der Waals surface area contributed by atoms with Crippen molar-refractivity contribution in [3.05, 3.63) is 41.5 Å². The summed E-state index contributed by atoms with van der Waals surface area (Å²) in [5.41, 5.74) is 1.21. The normalized spacial score (nSPS) is 21.6. The second-order valence-corrected chi connectivity index (χ2v) is 7.32. The lowest BCUT2D eigenvalue weighted by Crippen LogP contribution is -2.45. The molecule has 0 amide bonds. The summed E-state index contributed by atoms with van der Waals surface area (Å²) in [6.45, 7) is 3.53. The molecule has 1 aliphatic heterocycles. The van der Waals surface area contributed by atoms with Crippen LogP contribution in [0.25, 0.3) is 0 Å². The Bertz CT molecular complexity index is 718. The predicted octanol–water partition coefficient (Wildman–Crippen LogP) is 3.69. The Morgan fingerprint density at radius 1 is 1.22 bits per heavy atom. The summed E-state index contributed by atoms with van der Waals surface area (Å²) in [6, 6.07) is 8.50. The first-order chi connectivity index (χ1) is 12.8. The van der Waals surface area contributed by atoms with Crippen molar-refractivity contribution in [3.8, 4) is 5.75 Å². The van der Waals surface area contributed by atoms with E-state index in [0.717, 1.165) is 37.1 Å². The van der Waals surface area contributed by atoms with Gasteiger partial charge in [-0.15, -0.1) is 12.4 Å². The number of nitrogens with one attached hydrogen (secondary N) is 1. The number of aromatic nitrogens is 2. The third kappa shape index (κ3) is 4.62. The summed E-state index contributed by atoms with van der Waals surface area (Å²) in [5, 5.41) is 7.77. The molecule has 1 aliphatic carbocycles. The summed E-state index contributed by atoms with van der Waals surface area (Å²) < 4.78 is 11.2. The van der Waals surface area contributed by atoms with Gasteiger partial charge in [-0.2, -0.15) is 4.98 Å². The lowest BCUT2D eigenvalue weighted by atomic mass is 9.89. The minimum Gasteiger partial charge on any atom is -0.496 e. The fraction of sp³-hybridized carbons (Fsp3) is 0.600. The number of nitrogens with zero attached hydrogens (tertiary/aromatic N) is 3. The maximum atomic E-state index is 5.60. The Labute approximate surface area is 167 Å². The number of methoxy groups -OCH3 is 1. The van der Waals surface area contributed by atoms with E-state index in [4.69, 9.17) is 14.2 Å². The fourth-order valence-corrected chi connectivity index (χ4v) is 4.21. The van der Waals surface area contributed by atoms with Gasteiger partial charge in [0.1, 0.15) is 5.75 Å². The van der Waals surface area contributed by atoms with Gasteiger partial charge in [-0.25, -0.2) is 0 Å². The van der Waals surface area contributed by atoms with Crippen LogP contribution in [0.15, 0.2) is 28.8 Å². The third-order valence-electron chi connectivity index (χ3n) is 5.63. The Morgan fingerprint density at radius 3 is 2.85 bits per heavy atom. The van der Waals surface area contributed by atoms with Crippen LogP contribution in [0, 0.1) is 0 Å². The average molecular weight is 393 g/mol. The van der Waals surface area contributed by atoms with E-state index in [-0.39, 0.29) is 18.4 Å². The molecule has 1 N–H and O–H groups in total. The van der Waals surface area contributed by atoms with E-state index in [1.54, 1.807) is 7.11 Å². The summed E-state index contributed by atoms with van der Waals surface area (Å²) in [4.78, 5) is 7.15. The van der Waals surface area contributed by atoms with E-state index in [1.165, 1.54) is 37.7 Å². The molecular weight excluding hydrogens is 364 g/mol. The molecule has 7 heteroatoms. The van der Waals surface area contributed by atoms with E-state index < -0.39 is 0 Å². The summed E-state index contributed by atoms with van der Waals surface area (Å²) in [5.74, 6) is 3.02. The van der Waals surface area contributed by atoms with Crippen molar-refractivity contribution in [2.75, 3.05) is 26.7 Å². The molecule has 1 aromatic heterocycles. The average Bonchev–Trinajstić information content (AvgIpc) is 3.18. The largest absolute Gasteiger partial charge is 0.496 e. The fourth-order valence-electron chi connectivity index (χ4n) is 4.21. The molecule has 1 unspecified atom stereocenters. The lowest BCUT2D eigenvalue weighted by Gasteiger charge is -2.36. The van der Waals surface area contributed by atoms with E-state index in [1.807, 2.05) is 12.1 Å². The van der Waals surface area contributed by atoms with Gasteiger partial charge in [0.25, 0.3) is 0 Å². The number of ether oxygens (including phenoxy) is 1. The number of halogens is 1. The molecule has 0 spiro atoms. The van der Waals surface area contributed by atoms with Crippen LogP contribution in [0.3, 0.4) is 0 Å². The van der Waals surface area contributed by atoms with Crippen molar-refractivity contribution >= 4 is 12.4 Å². The van der Waals surface area contributed by atoms with E-state index >= 15 is 0 Å². The zero-order chi connectivity index (χ0) is 17.8. The highest BCUT2D eigenvalue weighted by molar-refractivity contribution is 5.85. The Morgan fingerprint density at radius 2 is 2.04 bits per heavy atom. The van der Waals surface area contributed by atoms with Crippen LogP contribution in [0.2, 0.25) is 0 Å². The van der Waals surface area contributed by atoms with Crippen molar-refractivity contribution in [3.63, 3.8) is 0 Å². The molecule has 27 heavy (non-hydrogen) atoms. The molecule has 1 saturated carbocycles. The number of rotatable bonds is 5. The maximum absolute atomic E-state index is 5.60. The van der Waals surface area contributed by atoms with E-state index in [2.05, 4.69) is 27.5 Å². The molecule has 1 aromatic carbocycles. The van der Waals surface area contributed by atoms with Gasteiger partial charge in [-0.05, 0) is 18.9 Å². The molecule has 148 valence electrons. The maximum Gasteiger partial charge on any atom is 0.229 e. The molecular formula is C20H29ClN4O2. The first-order valence-corrected chi connectivity index (χ1v) is 9.75. The number of benzene rings is 1. The summed E-state index contributed by atoms with van der Waals surface area (Å²) in [6.07, 6.45) is 6.24. The first kappa shape index (κ1) is 20.1. The van der Waals surface area contributed by atoms with Gasteiger partial charge in [0.2, 0.25) is 5.89 Å². The quantitative estimate of drug-likeness (QED) is 0.837. The van der Waals surface area contributed by atoms with Crippen molar-refractivity contribution in [2.24, 2.45) is 0 Å². The van der Waals surface area contributed by atoms with Crippen LogP contribution in [0.1, 0.15) is 61.3 Å². The van der Waals surface area contributed by atoms with Crippen molar-refractivity contribution < 1.29 is 9.26 Å². The monoisotopic (exact) mass is 392 g/mol. The highest BCUT2D eigenvalue weighted by Gasteiger charge is 2.28. The molecule has 0 bridgehead atoms. The SMILES string of the molecule is COc1ccccc1C1CNCCN1Cc1noc(C2CCCCC2)n1.Cl. The Balaban J connectivity index is 0.00000210. The Hall–Kier alpha value is -1.63. The van der Waals surface area contributed by atoms with Crippen molar-refractivity contribution in [1.82, 2.24) is 20.4 Å². The lowest BCUT2D eigenvalue weighted by molar-refractivity contribution is 0.146. The first-order valence-electron chi connectivity index (χ1n) is 9.75. The summed E-state index contributed by atoms with van der Waals surface area (Å²) in [7, 11) is 1.73. The minimum absolute atomic E-state index is 0. The topological polar surface area (TPSA) is 63.4 Å². The Kier molecular flexibility index (Phi) is 7.10. The second-order valence-electron chi connectivity index (χ2n) is 7.32. The van der Waals surface area contributed by atoms with Crippen LogP contribution in [-0.2, 0) is 6.54 Å². The molecule has 2 aliphatic rings. The second kappa shape index (κ2) is 9.53. The van der Waals surface area contributed by atoms with Gasteiger partial charge in [-0.1, -0.05) is 42.6 Å². The van der Waals surface area contributed by atoms with Gasteiger partial charge in [0.05, 0.1) is 19.7 Å². The molecule has 2 aromatic rings. The molecule has 2 fully saturated rings. The zero-order valence-corrected chi connectivity index (χ0v) is 16.7. The highest BCUT2D eigenvalue weighted by atomic mass is 35.5. The number of piperazine rings is 1. The van der Waals surface area contributed by atoms with Crippen LogP contribution in [-0.4, -0.2) is 41.8 Å². The van der Waals surface area contributed by atoms with Gasteiger partial charge >= 0.3 is 0 Å². The molecule has 1 atom stereocenters. The van der Waals surface area contributed by atoms with Crippen LogP contribution < -0.4 is 10.1 Å². The van der Waals surface area contributed by atoms with Gasteiger partial charge in [-0.3, -0.25) is 4.90 Å². The standard InChI is InChI=1S/C20H28N4O2.ClH/c1-25-18-10-6-5-9-16(18)17-13-21-11-12-24(17)14-19-22-20(26-23-19)15-7-3-2-4-8-15;/h5-6,9-10,15,17,21H,2-4,7-8,11-14H2,1H3;1H. The van der Waals surface area contributed by atoms with Gasteiger partial charge in [0, 0.05) is 31.1 Å². The zero-order valence-electron chi connectivity index (χ0n) is 15.9. The summed E-state index contributed by atoms with van der Waals surface area (Å²) >= 11 is 0. The van der Waals surface area contributed by atoms with Gasteiger partial charge in [0.15, 0.2) is 5.82 Å². The molecule has 2 heterocycles.